The van der Waals surface area contributed by atoms with Gasteiger partial charge in [-0.1, -0.05) is 39.5 Å². The van der Waals surface area contributed by atoms with Crippen LogP contribution in [0.3, 0.4) is 0 Å². The maximum Gasteiger partial charge on any atom is 0.0107 e. The number of likely N-dealkylation sites (tertiary alicyclic amines) is 1. The molecule has 2 nitrogen and oxygen atoms in total. The lowest BCUT2D eigenvalue weighted by Gasteiger charge is -2.21. The third-order valence-electron chi connectivity index (χ3n) is 4.97. The van der Waals surface area contributed by atoms with Crippen LogP contribution < -0.4 is 5.32 Å². The van der Waals surface area contributed by atoms with E-state index in [9.17, 15) is 0 Å². The summed E-state index contributed by atoms with van der Waals surface area (Å²) in [4.78, 5) is 2.66. The molecule has 1 atom stereocenters. The minimum Gasteiger partial charge on any atom is -0.313 e. The first-order valence-corrected chi connectivity index (χ1v) is 8.21. The zero-order valence-corrected chi connectivity index (χ0v) is 12.5. The Morgan fingerprint density at radius 2 is 1.78 bits per heavy atom. The van der Waals surface area contributed by atoms with Gasteiger partial charge in [-0.05, 0) is 37.6 Å². The molecule has 0 spiro atoms. The smallest absolute Gasteiger partial charge is 0.0107 e. The van der Waals surface area contributed by atoms with Crippen LogP contribution in [0, 0.1) is 11.8 Å². The first-order chi connectivity index (χ1) is 8.75. The summed E-state index contributed by atoms with van der Waals surface area (Å²) in [7, 11) is 0. The summed E-state index contributed by atoms with van der Waals surface area (Å²) in [6, 6.07) is 0.816. The first-order valence-electron chi connectivity index (χ1n) is 8.21. The molecule has 1 heterocycles. The quantitative estimate of drug-likeness (QED) is 0.755. The van der Waals surface area contributed by atoms with Gasteiger partial charge in [0.25, 0.3) is 0 Å². The van der Waals surface area contributed by atoms with Crippen molar-refractivity contribution >= 4 is 0 Å². The maximum absolute atomic E-state index is 3.79. The van der Waals surface area contributed by atoms with Gasteiger partial charge in [-0.2, -0.15) is 0 Å². The van der Waals surface area contributed by atoms with Gasteiger partial charge in [-0.3, -0.25) is 0 Å². The molecular weight excluding hydrogens is 220 g/mol. The monoisotopic (exact) mass is 252 g/mol. The Morgan fingerprint density at radius 3 is 2.39 bits per heavy atom. The second kappa shape index (κ2) is 7.49. The van der Waals surface area contributed by atoms with Crippen molar-refractivity contribution in [2.45, 2.75) is 64.8 Å². The molecule has 1 saturated heterocycles. The fraction of sp³-hybridized carbons (Fsp3) is 1.00. The molecular formula is C16H32N2. The van der Waals surface area contributed by atoms with Crippen LogP contribution in [0.1, 0.15) is 58.8 Å². The molecule has 0 radical (unpaired) electrons. The van der Waals surface area contributed by atoms with Crippen molar-refractivity contribution in [3.8, 4) is 0 Å². The van der Waals surface area contributed by atoms with E-state index in [1.54, 1.807) is 0 Å². The van der Waals surface area contributed by atoms with E-state index in [-0.39, 0.29) is 0 Å². The third kappa shape index (κ3) is 4.55. The molecule has 2 aliphatic rings. The Morgan fingerprint density at radius 1 is 1.06 bits per heavy atom. The highest BCUT2D eigenvalue weighted by Gasteiger charge is 2.24. The van der Waals surface area contributed by atoms with Crippen molar-refractivity contribution in [2.75, 3.05) is 26.2 Å². The van der Waals surface area contributed by atoms with Gasteiger partial charge in [-0.15, -0.1) is 0 Å². The molecule has 1 aliphatic carbocycles. The predicted molar refractivity (Wildman–Crippen MR) is 78.9 cm³/mol. The fourth-order valence-corrected chi connectivity index (χ4v) is 3.52. The molecule has 1 aliphatic heterocycles. The fourth-order valence-electron chi connectivity index (χ4n) is 3.52. The molecule has 2 rings (SSSR count). The predicted octanol–water partition coefficient (Wildman–Crippen LogP) is 3.28. The lowest BCUT2D eigenvalue weighted by atomic mass is 9.95. The van der Waals surface area contributed by atoms with Crippen molar-refractivity contribution in [3.63, 3.8) is 0 Å². The first kappa shape index (κ1) is 14.3. The Hall–Kier alpha value is -0.0800. The van der Waals surface area contributed by atoms with E-state index < -0.39 is 0 Å². The second-order valence-corrected chi connectivity index (χ2v) is 6.74. The lowest BCUT2D eigenvalue weighted by Crippen LogP contribution is -2.36. The molecule has 0 aromatic heterocycles. The number of hydrogen-bond donors (Lipinski definition) is 1. The summed E-state index contributed by atoms with van der Waals surface area (Å²) >= 11 is 0. The van der Waals surface area contributed by atoms with Gasteiger partial charge in [0.15, 0.2) is 0 Å². The topological polar surface area (TPSA) is 15.3 Å². The molecule has 2 heteroatoms. The molecule has 0 aromatic rings. The van der Waals surface area contributed by atoms with Crippen LogP contribution in [0.2, 0.25) is 0 Å². The molecule has 2 fully saturated rings. The van der Waals surface area contributed by atoms with Gasteiger partial charge < -0.3 is 10.2 Å². The molecule has 18 heavy (non-hydrogen) atoms. The van der Waals surface area contributed by atoms with Crippen LogP contribution in [-0.2, 0) is 0 Å². The zero-order valence-electron chi connectivity index (χ0n) is 12.5. The van der Waals surface area contributed by atoms with E-state index in [0.29, 0.717) is 0 Å². The molecule has 106 valence electrons. The lowest BCUT2D eigenvalue weighted by molar-refractivity contribution is 0.294. The average molecular weight is 252 g/mol. The van der Waals surface area contributed by atoms with E-state index in [1.807, 2.05) is 0 Å². The largest absolute Gasteiger partial charge is 0.313 e. The van der Waals surface area contributed by atoms with Crippen molar-refractivity contribution < 1.29 is 0 Å². The van der Waals surface area contributed by atoms with Crippen LogP contribution in [0.5, 0.6) is 0 Å². The van der Waals surface area contributed by atoms with E-state index >= 15 is 0 Å². The van der Waals surface area contributed by atoms with Gasteiger partial charge >= 0.3 is 0 Å². The number of nitrogens with zero attached hydrogens (tertiary/aromatic N) is 1. The highest BCUT2D eigenvalue weighted by Crippen LogP contribution is 2.23. The van der Waals surface area contributed by atoms with Gasteiger partial charge in [0.2, 0.25) is 0 Å². The van der Waals surface area contributed by atoms with Crippen molar-refractivity contribution in [3.05, 3.63) is 0 Å². The Balaban J connectivity index is 1.58. The average Bonchev–Trinajstić information content (AvgIpc) is 2.67. The molecule has 0 aromatic carbocycles. The van der Waals surface area contributed by atoms with Crippen LogP contribution in [0.25, 0.3) is 0 Å². The number of nitrogens with one attached hydrogen (secondary N) is 1. The highest BCUT2D eigenvalue weighted by atomic mass is 15.2. The normalized spacial score (nSPS) is 27.8. The standard InChI is InChI=1S/C16H32N2/c1-14(2)15-9-11-18(13-15)12-10-17-16-7-5-3-4-6-8-16/h14-17H,3-13H2,1-2H3. The summed E-state index contributed by atoms with van der Waals surface area (Å²) in [5.41, 5.74) is 0. The molecule has 0 bridgehead atoms. The van der Waals surface area contributed by atoms with Gasteiger partial charge in [-0.25, -0.2) is 0 Å². The summed E-state index contributed by atoms with van der Waals surface area (Å²) in [6.07, 6.45) is 10.0. The molecule has 1 unspecified atom stereocenters. The Labute approximate surface area is 114 Å². The van der Waals surface area contributed by atoms with Crippen molar-refractivity contribution in [1.82, 2.24) is 10.2 Å². The second-order valence-electron chi connectivity index (χ2n) is 6.74. The van der Waals surface area contributed by atoms with E-state index in [4.69, 9.17) is 0 Å². The van der Waals surface area contributed by atoms with Gasteiger partial charge in [0.1, 0.15) is 0 Å². The SMILES string of the molecule is CC(C)C1CCN(CCNC2CCCCCC2)C1. The van der Waals surface area contributed by atoms with Crippen LogP contribution in [0.15, 0.2) is 0 Å². The van der Waals surface area contributed by atoms with Crippen molar-refractivity contribution in [1.29, 1.82) is 0 Å². The molecule has 0 amide bonds. The Kier molecular flexibility index (Phi) is 5.97. The molecule has 1 N–H and O–H groups in total. The van der Waals surface area contributed by atoms with Gasteiger partial charge in [0.05, 0.1) is 0 Å². The maximum atomic E-state index is 3.79. The number of hydrogen-bond acceptors (Lipinski definition) is 2. The van der Waals surface area contributed by atoms with E-state index in [0.717, 1.165) is 17.9 Å². The van der Waals surface area contributed by atoms with E-state index in [2.05, 4.69) is 24.1 Å². The van der Waals surface area contributed by atoms with Crippen LogP contribution >= 0.6 is 0 Å². The minimum atomic E-state index is 0.816. The third-order valence-corrected chi connectivity index (χ3v) is 4.97. The van der Waals surface area contributed by atoms with Crippen molar-refractivity contribution in [2.24, 2.45) is 11.8 Å². The Bertz CT molecular complexity index is 219. The summed E-state index contributed by atoms with van der Waals surface area (Å²) < 4.78 is 0. The summed E-state index contributed by atoms with van der Waals surface area (Å²) in [5.74, 6) is 1.81. The van der Waals surface area contributed by atoms with Crippen LogP contribution in [-0.4, -0.2) is 37.1 Å². The van der Waals surface area contributed by atoms with E-state index in [1.165, 1.54) is 71.1 Å². The minimum absolute atomic E-state index is 0.816. The summed E-state index contributed by atoms with van der Waals surface area (Å²) in [5, 5.41) is 3.79. The number of rotatable bonds is 5. The van der Waals surface area contributed by atoms with Crippen LogP contribution in [0.4, 0.5) is 0 Å². The van der Waals surface area contributed by atoms with Gasteiger partial charge in [0, 0.05) is 25.7 Å². The zero-order chi connectivity index (χ0) is 12.8. The highest BCUT2D eigenvalue weighted by molar-refractivity contribution is 4.79. The molecule has 1 saturated carbocycles. The summed E-state index contributed by atoms with van der Waals surface area (Å²) in [6.45, 7) is 9.88.